The molecule has 6 heteroatoms. The molecule has 0 unspecified atom stereocenters. The minimum Gasteiger partial charge on any atom is -0.494 e. The van der Waals surface area contributed by atoms with Gasteiger partial charge in [0.15, 0.2) is 5.60 Å². The number of aliphatic hydroxyl groups is 1. The van der Waals surface area contributed by atoms with Gasteiger partial charge in [-0.2, -0.15) is 0 Å². The number of benzene rings is 1. The summed E-state index contributed by atoms with van der Waals surface area (Å²) >= 11 is 0. The fourth-order valence-electron chi connectivity index (χ4n) is 2.34. The fraction of sp³-hybridized carbons (Fsp3) is 0.467. The van der Waals surface area contributed by atoms with Crippen LogP contribution in [-0.2, 0) is 4.79 Å². The lowest BCUT2D eigenvalue weighted by Crippen LogP contribution is -2.50. The van der Waals surface area contributed by atoms with Gasteiger partial charge in [0, 0.05) is 31.5 Å². The Labute approximate surface area is 122 Å². The van der Waals surface area contributed by atoms with E-state index < -0.39 is 11.6 Å². The lowest BCUT2D eigenvalue weighted by molar-refractivity contribution is -0.162. The number of ether oxygens (including phenoxy) is 1. The van der Waals surface area contributed by atoms with Crippen LogP contribution in [-0.4, -0.2) is 52.3 Å². The Morgan fingerprint density at radius 3 is 2.29 bits per heavy atom. The van der Waals surface area contributed by atoms with Crippen LogP contribution in [0.4, 0.5) is 0 Å². The van der Waals surface area contributed by atoms with Crippen molar-refractivity contribution in [3.8, 4) is 5.75 Å². The van der Waals surface area contributed by atoms with Gasteiger partial charge in [-0.1, -0.05) is 0 Å². The number of amides is 1. The summed E-state index contributed by atoms with van der Waals surface area (Å²) in [5.74, 6) is -0.686. The Hall–Kier alpha value is -2.08. The molecule has 6 nitrogen and oxygen atoms in total. The molecule has 1 aromatic rings. The number of nitrogens with zero attached hydrogens (tertiary/aromatic N) is 1. The number of hydrogen-bond acceptors (Lipinski definition) is 4. The Morgan fingerprint density at radius 2 is 1.81 bits per heavy atom. The topological polar surface area (TPSA) is 87.1 Å². The summed E-state index contributed by atoms with van der Waals surface area (Å²) < 4.78 is 5.32. The second-order valence-electron chi connectivity index (χ2n) is 5.09. The molecule has 0 aliphatic carbocycles. The van der Waals surface area contributed by atoms with Gasteiger partial charge < -0.3 is 19.8 Å². The van der Waals surface area contributed by atoms with E-state index in [2.05, 4.69) is 0 Å². The summed E-state index contributed by atoms with van der Waals surface area (Å²) in [5.41, 5.74) is -1.19. The number of carbonyl (C=O) groups is 2. The van der Waals surface area contributed by atoms with Gasteiger partial charge >= 0.3 is 5.97 Å². The third-order valence-electron chi connectivity index (χ3n) is 3.69. The Bertz CT molecular complexity index is 517. The van der Waals surface area contributed by atoms with E-state index in [1.165, 1.54) is 0 Å². The molecule has 1 heterocycles. The van der Waals surface area contributed by atoms with Crippen LogP contribution < -0.4 is 4.74 Å². The van der Waals surface area contributed by atoms with Crippen molar-refractivity contribution in [3.05, 3.63) is 29.8 Å². The molecule has 1 amide bonds. The van der Waals surface area contributed by atoms with Crippen molar-refractivity contribution < 1.29 is 24.5 Å². The van der Waals surface area contributed by atoms with E-state index in [0.717, 1.165) is 0 Å². The Morgan fingerprint density at radius 1 is 1.24 bits per heavy atom. The van der Waals surface area contributed by atoms with Crippen molar-refractivity contribution in [2.24, 2.45) is 0 Å². The number of carboxylic acid groups (broad SMARTS) is 1. The average molecular weight is 293 g/mol. The fourth-order valence-corrected chi connectivity index (χ4v) is 2.34. The Kier molecular flexibility index (Phi) is 4.47. The van der Waals surface area contributed by atoms with Crippen molar-refractivity contribution in [1.82, 2.24) is 4.90 Å². The smallest absolute Gasteiger partial charge is 0.335 e. The van der Waals surface area contributed by atoms with Crippen molar-refractivity contribution in [2.75, 3.05) is 19.7 Å². The first kappa shape index (κ1) is 15.3. The highest BCUT2D eigenvalue weighted by atomic mass is 16.5. The van der Waals surface area contributed by atoms with Gasteiger partial charge in [-0.3, -0.25) is 4.79 Å². The first-order valence-electron chi connectivity index (χ1n) is 6.94. The summed E-state index contributed by atoms with van der Waals surface area (Å²) in [4.78, 5) is 24.8. The van der Waals surface area contributed by atoms with E-state index in [0.29, 0.717) is 17.9 Å². The molecule has 1 aliphatic heterocycles. The quantitative estimate of drug-likeness (QED) is 0.869. The van der Waals surface area contributed by atoms with Crippen LogP contribution in [0.3, 0.4) is 0 Å². The molecular weight excluding hydrogens is 274 g/mol. The van der Waals surface area contributed by atoms with E-state index in [9.17, 15) is 14.7 Å². The SMILES string of the molecule is CCOc1ccc(C(=O)N2CCC(O)(C(=O)O)CC2)cc1. The number of carboxylic acids is 1. The van der Waals surface area contributed by atoms with Crippen molar-refractivity contribution in [1.29, 1.82) is 0 Å². The first-order chi connectivity index (χ1) is 9.96. The zero-order chi connectivity index (χ0) is 15.5. The molecule has 0 aromatic heterocycles. The van der Waals surface area contributed by atoms with Crippen LogP contribution in [0.25, 0.3) is 0 Å². The molecule has 1 fully saturated rings. The maximum atomic E-state index is 12.3. The average Bonchev–Trinajstić information content (AvgIpc) is 2.48. The number of rotatable bonds is 4. The zero-order valence-electron chi connectivity index (χ0n) is 11.9. The molecule has 2 N–H and O–H groups in total. The maximum Gasteiger partial charge on any atom is 0.335 e. The molecule has 0 radical (unpaired) electrons. The van der Waals surface area contributed by atoms with Crippen LogP contribution in [0.5, 0.6) is 5.75 Å². The molecule has 1 saturated heterocycles. The summed E-state index contributed by atoms with van der Waals surface area (Å²) in [7, 11) is 0. The molecule has 2 rings (SSSR count). The molecular formula is C15H19NO5. The highest BCUT2D eigenvalue weighted by Crippen LogP contribution is 2.24. The highest BCUT2D eigenvalue weighted by Gasteiger charge is 2.40. The lowest BCUT2D eigenvalue weighted by Gasteiger charge is -2.35. The zero-order valence-corrected chi connectivity index (χ0v) is 11.9. The van der Waals surface area contributed by atoms with Crippen molar-refractivity contribution in [3.63, 3.8) is 0 Å². The van der Waals surface area contributed by atoms with Gasteiger partial charge in [0.2, 0.25) is 0 Å². The molecule has 0 spiro atoms. The monoisotopic (exact) mass is 293 g/mol. The van der Waals surface area contributed by atoms with E-state index in [1.54, 1.807) is 29.2 Å². The molecule has 1 aromatic carbocycles. The summed E-state index contributed by atoms with van der Waals surface area (Å²) in [5, 5.41) is 18.8. The first-order valence-corrected chi connectivity index (χ1v) is 6.94. The number of aliphatic carboxylic acids is 1. The van der Waals surface area contributed by atoms with E-state index in [1.807, 2.05) is 6.92 Å². The number of piperidine rings is 1. The van der Waals surface area contributed by atoms with Crippen LogP contribution in [0.1, 0.15) is 30.1 Å². The molecule has 0 bridgehead atoms. The van der Waals surface area contributed by atoms with Gasteiger partial charge in [0.05, 0.1) is 6.61 Å². The lowest BCUT2D eigenvalue weighted by atomic mass is 9.91. The van der Waals surface area contributed by atoms with E-state index in [-0.39, 0.29) is 31.8 Å². The van der Waals surface area contributed by atoms with Gasteiger partial charge in [0.25, 0.3) is 5.91 Å². The van der Waals surface area contributed by atoms with Crippen LogP contribution in [0.2, 0.25) is 0 Å². The van der Waals surface area contributed by atoms with Gasteiger partial charge in [-0.15, -0.1) is 0 Å². The molecule has 1 aliphatic rings. The standard InChI is InChI=1S/C15H19NO5/c1-2-21-12-5-3-11(4-6-12)13(17)16-9-7-15(20,8-10-16)14(18)19/h3-6,20H,2,7-10H2,1H3,(H,18,19). The maximum absolute atomic E-state index is 12.3. The number of hydrogen-bond donors (Lipinski definition) is 2. The van der Waals surface area contributed by atoms with Gasteiger partial charge in [-0.05, 0) is 31.2 Å². The van der Waals surface area contributed by atoms with Gasteiger partial charge in [-0.25, -0.2) is 4.79 Å². The normalized spacial score (nSPS) is 17.3. The minimum absolute atomic E-state index is 0.0467. The summed E-state index contributed by atoms with van der Waals surface area (Å²) in [6, 6.07) is 6.83. The van der Waals surface area contributed by atoms with E-state index in [4.69, 9.17) is 9.84 Å². The van der Waals surface area contributed by atoms with E-state index >= 15 is 0 Å². The molecule has 0 saturated carbocycles. The van der Waals surface area contributed by atoms with Crippen molar-refractivity contribution >= 4 is 11.9 Å². The summed E-state index contributed by atoms with van der Waals surface area (Å²) in [6.07, 6.45) is 0.0935. The second kappa shape index (κ2) is 6.13. The minimum atomic E-state index is -1.71. The van der Waals surface area contributed by atoms with Gasteiger partial charge in [0.1, 0.15) is 5.75 Å². The van der Waals surface area contributed by atoms with Crippen LogP contribution in [0.15, 0.2) is 24.3 Å². The molecule has 0 atom stereocenters. The predicted octanol–water partition coefficient (Wildman–Crippen LogP) is 1.14. The molecule has 114 valence electrons. The van der Waals surface area contributed by atoms with Crippen molar-refractivity contribution in [2.45, 2.75) is 25.4 Å². The number of carbonyl (C=O) groups excluding carboxylic acids is 1. The largest absolute Gasteiger partial charge is 0.494 e. The van der Waals surface area contributed by atoms with Crippen LogP contribution in [0, 0.1) is 0 Å². The molecule has 21 heavy (non-hydrogen) atoms. The summed E-state index contributed by atoms with van der Waals surface area (Å²) in [6.45, 7) is 2.91. The third kappa shape index (κ3) is 3.33. The Balaban J connectivity index is 2.00. The highest BCUT2D eigenvalue weighted by molar-refractivity contribution is 5.94. The third-order valence-corrected chi connectivity index (χ3v) is 3.69. The second-order valence-corrected chi connectivity index (χ2v) is 5.09. The number of likely N-dealkylation sites (tertiary alicyclic amines) is 1. The predicted molar refractivity (Wildman–Crippen MR) is 75.3 cm³/mol. The van der Waals surface area contributed by atoms with Crippen LogP contribution >= 0.6 is 0 Å².